The van der Waals surface area contributed by atoms with E-state index < -0.39 is 10.0 Å². The van der Waals surface area contributed by atoms with Crippen molar-refractivity contribution in [2.24, 2.45) is 0 Å². The van der Waals surface area contributed by atoms with Crippen LogP contribution < -0.4 is 9.62 Å². The molecule has 2 heterocycles. The molecule has 4 rings (SSSR count). The van der Waals surface area contributed by atoms with Crippen molar-refractivity contribution in [1.82, 2.24) is 4.72 Å². The second-order valence-corrected chi connectivity index (χ2v) is 8.32. The molecule has 1 N–H and O–H groups in total. The molecule has 2 aliphatic rings. The molecule has 2 aromatic carbocycles. The van der Waals surface area contributed by atoms with Gasteiger partial charge in [0.25, 0.3) is 0 Å². The van der Waals surface area contributed by atoms with Crippen molar-refractivity contribution in [1.29, 1.82) is 0 Å². The number of hydrogen-bond donors (Lipinski definition) is 1. The molecule has 0 aliphatic carbocycles. The van der Waals surface area contributed by atoms with E-state index in [0.29, 0.717) is 17.7 Å². The number of anilines is 1. The molecule has 5 nitrogen and oxygen atoms in total. The summed E-state index contributed by atoms with van der Waals surface area (Å²) in [5, 5.41) is 0. The minimum Gasteiger partial charge on any atom is -0.312 e. The van der Waals surface area contributed by atoms with Crippen LogP contribution in [0.3, 0.4) is 0 Å². The van der Waals surface area contributed by atoms with Gasteiger partial charge >= 0.3 is 0 Å². The summed E-state index contributed by atoms with van der Waals surface area (Å²) in [5.74, 6) is 0.145. The summed E-state index contributed by atoms with van der Waals surface area (Å²) in [4.78, 5) is 14.2. The molecule has 0 radical (unpaired) electrons. The van der Waals surface area contributed by atoms with Gasteiger partial charge in [0.2, 0.25) is 15.9 Å². The Kier molecular flexibility index (Phi) is 4.09. The average Bonchev–Trinajstić information content (AvgIpc) is 2.64. The third-order valence-corrected chi connectivity index (χ3v) is 6.25. The molecule has 0 spiro atoms. The maximum atomic E-state index is 12.7. The average molecular weight is 356 g/mol. The Morgan fingerprint density at radius 1 is 1.00 bits per heavy atom. The fourth-order valence-electron chi connectivity index (χ4n) is 3.63. The number of amides is 1. The van der Waals surface area contributed by atoms with Crippen LogP contribution in [0.4, 0.5) is 5.69 Å². The van der Waals surface area contributed by atoms with Crippen LogP contribution in [0, 0.1) is 0 Å². The molecule has 0 aromatic heterocycles. The van der Waals surface area contributed by atoms with Gasteiger partial charge in [-0.15, -0.1) is 0 Å². The van der Waals surface area contributed by atoms with Crippen molar-refractivity contribution >= 4 is 21.6 Å². The van der Waals surface area contributed by atoms with E-state index in [4.69, 9.17) is 0 Å². The Hall–Kier alpha value is -2.18. The lowest BCUT2D eigenvalue weighted by molar-refractivity contribution is -0.119. The van der Waals surface area contributed by atoms with Gasteiger partial charge in [0.1, 0.15) is 0 Å². The van der Waals surface area contributed by atoms with Crippen molar-refractivity contribution in [2.45, 2.75) is 37.1 Å². The van der Waals surface area contributed by atoms with Gasteiger partial charge in [-0.2, -0.15) is 0 Å². The van der Waals surface area contributed by atoms with E-state index in [9.17, 15) is 13.2 Å². The second-order valence-electron chi connectivity index (χ2n) is 6.55. The summed E-state index contributed by atoms with van der Waals surface area (Å²) in [6.45, 7) is 0.997. The van der Waals surface area contributed by atoms with E-state index >= 15 is 0 Å². The first kappa shape index (κ1) is 16.3. The number of hydrogen-bond acceptors (Lipinski definition) is 3. The number of rotatable bonds is 4. The van der Waals surface area contributed by atoms with E-state index in [2.05, 4.69) is 4.72 Å². The van der Waals surface area contributed by atoms with E-state index in [-0.39, 0.29) is 12.5 Å². The standard InChI is InChI=1S/C19H20N2O3S/c22-18-9-8-16-12-17(11-15-7-4-10-21(18)19(15)16)25(23,24)20-13-14-5-2-1-3-6-14/h1-3,5-6,11-12,20H,4,7-10,13H2. The number of nitrogens with zero attached hydrogens (tertiary/aromatic N) is 1. The van der Waals surface area contributed by atoms with E-state index in [1.807, 2.05) is 35.2 Å². The number of carbonyl (C=O) groups excluding carboxylic acids is 1. The molecule has 2 aromatic rings. The van der Waals surface area contributed by atoms with Gasteiger partial charge in [0.15, 0.2) is 0 Å². The topological polar surface area (TPSA) is 66.5 Å². The smallest absolute Gasteiger partial charge is 0.240 e. The zero-order valence-corrected chi connectivity index (χ0v) is 14.7. The number of aryl methyl sites for hydroxylation is 2. The molecule has 0 unspecified atom stereocenters. The van der Waals surface area contributed by atoms with Gasteiger partial charge in [-0.25, -0.2) is 13.1 Å². The number of nitrogens with one attached hydrogen (secondary N) is 1. The molecule has 0 fully saturated rings. The molecule has 2 aliphatic heterocycles. The molecule has 0 saturated heterocycles. The fourth-order valence-corrected chi connectivity index (χ4v) is 4.75. The Morgan fingerprint density at radius 3 is 2.48 bits per heavy atom. The minimum absolute atomic E-state index is 0.145. The Morgan fingerprint density at radius 2 is 1.72 bits per heavy atom. The lowest BCUT2D eigenvalue weighted by atomic mass is 9.92. The largest absolute Gasteiger partial charge is 0.312 e. The predicted molar refractivity (Wildman–Crippen MR) is 95.9 cm³/mol. The van der Waals surface area contributed by atoms with Crippen molar-refractivity contribution in [3.63, 3.8) is 0 Å². The molecular weight excluding hydrogens is 336 g/mol. The van der Waals surface area contributed by atoms with E-state index in [0.717, 1.165) is 41.8 Å². The number of carbonyl (C=O) groups is 1. The lowest BCUT2D eigenvalue weighted by Crippen LogP contribution is -2.39. The second kappa shape index (κ2) is 6.28. The Balaban J connectivity index is 1.66. The van der Waals surface area contributed by atoms with Crippen LogP contribution in [0.15, 0.2) is 47.4 Å². The van der Waals surface area contributed by atoms with Gasteiger partial charge in [-0.05, 0) is 48.1 Å². The molecule has 130 valence electrons. The molecule has 25 heavy (non-hydrogen) atoms. The van der Waals surface area contributed by atoms with E-state index in [1.165, 1.54) is 0 Å². The van der Waals surface area contributed by atoms with Gasteiger partial charge in [0.05, 0.1) is 10.6 Å². The maximum Gasteiger partial charge on any atom is 0.240 e. The zero-order valence-electron chi connectivity index (χ0n) is 13.9. The first-order chi connectivity index (χ1) is 12.0. The number of benzene rings is 2. The van der Waals surface area contributed by atoms with Crippen LogP contribution in [-0.2, 0) is 34.2 Å². The van der Waals surface area contributed by atoms with Crippen LogP contribution in [0.25, 0.3) is 0 Å². The van der Waals surface area contributed by atoms with Crippen LogP contribution >= 0.6 is 0 Å². The summed E-state index contributed by atoms with van der Waals surface area (Å²) in [6, 6.07) is 12.9. The summed E-state index contributed by atoms with van der Waals surface area (Å²) < 4.78 is 28.1. The Labute approximate surface area is 147 Å². The molecular formula is C19H20N2O3S. The van der Waals surface area contributed by atoms with Crippen molar-refractivity contribution in [3.05, 3.63) is 59.2 Å². The van der Waals surface area contributed by atoms with Crippen LogP contribution in [0.1, 0.15) is 29.5 Å². The fraction of sp³-hybridized carbons (Fsp3) is 0.316. The van der Waals surface area contributed by atoms with Crippen molar-refractivity contribution in [3.8, 4) is 0 Å². The Bertz CT molecular complexity index is 906. The quantitative estimate of drug-likeness (QED) is 0.915. The monoisotopic (exact) mass is 356 g/mol. The predicted octanol–water partition coefficient (Wildman–Crippen LogP) is 2.39. The van der Waals surface area contributed by atoms with Crippen LogP contribution in [0.2, 0.25) is 0 Å². The highest BCUT2D eigenvalue weighted by atomic mass is 32.2. The molecule has 0 atom stereocenters. The molecule has 0 saturated carbocycles. The van der Waals surface area contributed by atoms with Gasteiger partial charge in [0, 0.05) is 19.5 Å². The molecule has 1 amide bonds. The SMILES string of the molecule is O=C1CCc2cc(S(=O)(=O)NCc3ccccc3)cc3c2N1CCC3. The van der Waals surface area contributed by atoms with Crippen molar-refractivity contribution in [2.75, 3.05) is 11.4 Å². The number of sulfonamides is 1. The highest BCUT2D eigenvalue weighted by Crippen LogP contribution is 2.37. The van der Waals surface area contributed by atoms with Gasteiger partial charge in [-0.1, -0.05) is 30.3 Å². The summed E-state index contributed by atoms with van der Waals surface area (Å²) >= 11 is 0. The summed E-state index contributed by atoms with van der Waals surface area (Å²) in [6.07, 6.45) is 2.75. The highest BCUT2D eigenvalue weighted by molar-refractivity contribution is 7.89. The lowest BCUT2D eigenvalue weighted by Gasteiger charge is -2.35. The van der Waals surface area contributed by atoms with E-state index in [1.54, 1.807) is 12.1 Å². The van der Waals surface area contributed by atoms with Gasteiger partial charge in [-0.3, -0.25) is 4.79 Å². The first-order valence-electron chi connectivity index (χ1n) is 8.54. The third-order valence-electron chi connectivity index (χ3n) is 4.87. The zero-order chi connectivity index (χ0) is 17.4. The summed E-state index contributed by atoms with van der Waals surface area (Å²) in [5.41, 5.74) is 3.81. The molecule has 6 heteroatoms. The maximum absolute atomic E-state index is 12.7. The van der Waals surface area contributed by atoms with Gasteiger partial charge < -0.3 is 4.90 Å². The third kappa shape index (κ3) is 3.07. The summed E-state index contributed by atoms with van der Waals surface area (Å²) in [7, 11) is -3.58. The molecule has 0 bridgehead atoms. The van der Waals surface area contributed by atoms with Crippen LogP contribution in [-0.4, -0.2) is 20.9 Å². The van der Waals surface area contributed by atoms with Crippen LogP contribution in [0.5, 0.6) is 0 Å². The normalized spacial score (nSPS) is 16.6. The van der Waals surface area contributed by atoms with Crippen molar-refractivity contribution < 1.29 is 13.2 Å². The first-order valence-corrected chi connectivity index (χ1v) is 10.0. The minimum atomic E-state index is -3.58. The highest BCUT2D eigenvalue weighted by Gasteiger charge is 2.31.